The van der Waals surface area contributed by atoms with Gasteiger partial charge >= 0.3 is 0 Å². The van der Waals surface area contributed by atoms with Crippen LogP contribution < -0.4 is 5.32 Å². The Bertz CT molecular complexity index is 608. The van der Waals surface area contributed by atoms with Crippen molar-refractivity contribution >= 4 is 17.5 Å². The zero-order chi connectivity index (χ0) is 15.7. The van der Waals surface area contributed by atoms with E-state index in [1.54, 1.807) is 4.90 Å². The van der Waals surface area contributed by atoms with E-state index in [2.05, 4.69) is 5.32 Å². The normalized spacial score (nSPS) is 19.6. The lowest BCUT2D eigenvalue weighted by Gasteiger charge is -2.30. The molecule has 2 fully saturated rings. The molecular formula is C16H18F2N2O2. The minimum absolute atomic E-state index is 0.132. The van der Waals surface area contributed by atoms with Gasteiger partial charge in [0.15, 0.2) is 11.6 Å². The number of carbonyl (C=O) groups excluding carboxylic acids is 2. The number of halogens is 2. The maximum absolute atomic E-state index is 13.2. The maximum atomic E-state index is 13.2. The Morgan fingerprint density at radius 1 is 1.05 bits per heavy atom. The van der Waals surface area contributed by atoms with E-state index in [4.69, 9.17) is 0 Å². The fourth-order valence-corrected chi connectivity index (χ4v) is 2.89. The van der Waals surface area contributed by atoms with Crippen LogP contribution in [0.3, 0.4) is 0 Å². The van der Waals surface area contributed by atoms with Gasteiger partial charge in [-0.3, -0.25) is 9.59 Å². The van der Waals surface area contributed by atoms with Gasteiger partial charge in [0.25, 0.3) is 0 Å². The fraction of sp³-hybridized carbons (Fsp3) is 0.500. The van der Waals surface area contributed by atoms with Crippen molar-refractivity contribution in [2.24, 2.45) is 5.41 Å². The van der Waals surface area contributed by atoms with Crippen LogP contribution in [0.15, 0.2) is 18.2 Å². The van der Waals surface area contributed by atoms with Gasteiger partial charge in [0.1, 0.15) is 5.41 Å². The summed E-state index contributed by atoms with van der Waals surface area (Å²) in [6.07, 6.45) is 4.06. The minimum atomic E-state index is -1.02. The van der Waals surface area contributed by atoms with Gasteiger partial charge < -0.3 is 10.2 Å². The van der Waals surface area contributed by atoms with Crippen molar-refractivity contribution in [3.05, 3.63) is 29.8 Å². The van der Waals surface area contributed by atoms with Gasteiger partial charge in [-0.25, -0.2) is 8.78 Å². The number of carbonyl (C=O) groups is 2. The monoisotopic (exact) mass is 308 g/mol. The molecule has 1 aromatic carbocycles. The molecule has 1 saturated heterocycles. The molecule has 0 radical (unpaired) electrons. The summed E-state index contributed by atoms with van der Waals surface area (Å²) in [5.74, 6) is -2.55. The summed E-state index contributed by atoms with van der Waals surface area (Å²) in [6, 6.07) is 3.17. The summed E-state index contributed by atoms with van der Waals surface area (Å²) in [4.78, 5) is 26.7. The number of amides is 2. The van der Waals surface area contributed by atoms with E-state index in [0.29, 0.717) is 25.9 Å². The second kappa shape index (κ2) is 5.66. The number of hydrogen-bond donors (Lipinski definition) is 1. The van der Waals surface area contributed by atoms with E-state index in [9.17, 15) is 18.4 Å². The van der Waals surface area contributed by atoms with Crippen LogP contribution in [-0.4, -0.2) is 29.8 Å². The molecule has 2 aliphatic rings. The molecule has 1 aliphatic heterocycles. The number of benzene rings is 1. The van der Waals surface area contributed by atoms with Gasteiger partial charge in [0, 0.05) is 24.8 Å². The van der Waals surface area contributed by atoms with Crippen molar-refractivity contribution in [3.8, 4) is 0 Å². The Hall–Kier alpha value is -1.98. The molecule has 22 heavy (non-hydrogen) atoms. The molecular weight excluding hydrogens is 290 g/mol. The molecule has 1 heterocycles. The van der Waals surface area contributed by atoms with Crippen LogP contribution in [0.5, 0.6) is 0 Å². The van der Waals surface area contributed by atoms with E-state index < -0.39 is 23.0 Å². The van der Waals surface area contributed by atoms with Crippen LogP contribution >= 0.6 is 0 Å². The van der Waals surface area contributed by atoms with Crippen LogP contribution in [0, 0.1) is 17.0 Å². The molecule has 1 aliphatic carbocycles. The van der Waals surface area contributed by atoms with Crippen LogP contribution in [0.4, 0.5) is 14.5 Å². The van der Waals surface area contributed by atoms with Gasteiger partial charge in [0.2, 0.25) is 11.8 Å². The van der Waals surface area contributed by atoms with Crippen molar-refractivity contribution in [2.75, 3.05) is 18.4 Å². The lowest BCUT2D eigenvalue weighted by atomic mass is 10.0. The first-order valence-corrected chi connectivity index (χ1v) is 7.59. The van der Waals surface area contributed by atoms with Crippen LogP contribution in [-0.2, 0) is 9.59 Å². The highest BCUT2D eigenvalue weighted by atomic mass is 19.2. The molecule has 1 N–H and O–H groups in total. The average molecular weight is 308 g/mol. The molecule has 118 valence electrons. The number of hydrogen-bond acceptors (Lipinski definition) is 2. The van der Waals surface area contributed by atoms with E-state index >= 15 is 0 Å². The Kier molecular flexibility index (Phi) is 3.85. The summed E-state index contributed by atoms with van der Waals surface area (Å²) in [5, 5.41) is 2.54. The van der Waals surface area contributed by atoms with Gasteiger partial charge in [-0.1, -0.05) is 0 Å². The predicted octanol–water partition coefficient (Wildman–Crippen LogP) is 2.70. The van der Waals surface area contributed by atoms with Gasteiger partial charge in [0.05, 0.1) is 0 Å². The molecule has 1 saturated carbocycles. The molecule has 3 rings (SSSR count). The summed E-state index contributed by atoms with van der Waals surface area (Å²) < 4.78 is 26.1. The molecule has 0 aromatic heterocycles. The van der Waals surface area contributed by atoms with Gasteiger partial charge in [-0.15, -0.1) is 0 Å². The number of piperidine rings is 1. The second-order valence-corrected chi connectivity index (χ2v) is 6.02. The van der Waals surface area contributed by atoms with Gasteiger partial charge in [-0.05, 0) is 44.2 Å². The SMILES string of the molecule is O=C(Nc1ccc(F)c(F)c1)C1(C(=O)N2CCCCC2)CC1. The Labute approximate surface area is 127 Å². The maximum Gasteiger partial charge on any atom is 0.240 e. The first-order chi connectivity index (χ1) is 10.5. The number of nitrogens with zero attached hydrogens (tertiary/aromatic N) is 1. The van der Waals surface area contributed by atoms with Crippen LogP contribution in [0.1, 0.15) is 32.1 Å². The van der Waals surface area contributed by atoms with Crippen LogP contribution in [0.25, 0.3) is 0 Å². The molecule has 2 amide bonds. The molecule has 0 bridgehead atoms. The largest absolute Gasteiger partial charge is 0.342 e. The lowest BCUT2D eigenvalue weighted by Crippen LogP contribution is -2.45. The molecule has 1 aromatic rings. The number of anilines is 1. The molecule has 4 nitrogen and oxygen atoms in total. The third-order valence-corrected chi connectivity index (χ3v) is 4.41. The zero-order valence-electron chi connectivity index (χ0n) is 12.2. The van der Waals surface area contributed by atoms with Crippen molar-refractivity contribution in [3.63, 3.8) is 0 Å². The quantitative estimate of drug-likeness (QED) is 0.873. The summed E-state index contributed by atoms with van der Waals surface area (Å²) in [6.45, 7) is 1.39. The lowest BCUT2D eigenvalue weighted by molar-refractivity contribution is -0.143. The van der Waals surface area contributed by atoms with Gasteiger partial charge in [-0.2, -0.15) is 0 Å². The Morgan fingerprint density at radius 3 is 2.32 bits per heavy atom. The number of nitrogens with one attached hydrogen (secondary N) is 1. The van der Waals surface area contributed by atoms with Crippen molar-refractivity contribution in [1.29, 1.82) is 0 Å². The highest BCUT2D eigenvalue weighted by Gasteiger charge is 2.58. The zero-order valence-corrected chi connectivity index (χ0v) is 12.2. The first-order valence-electron chi connectivity index (χ1n) is 7.59. The highest BCUT2D eigenvalue weighted by molar-refractivity contribution is 6.13. The summed E-state index contributed by atoms with van der Waals surface area (Å²) in [5.41, 5.74) is -0.844. The topological polar surface area (TPSA) is 49.4 Å². The number of rotatable bonds is 3. The van der Waals surface area contributed by atoms with Crippen molar-refractivity contribution in [2.45, 2.75) is 32.1 Å². The van der Waals surface area contributed by atoms with E-state index in [1.165, 1.54) is 6.07 Å². The summed E-state index contributed by atoms with van der Waals surface area (Å²) >= 11 is 0. The van der Waals surface area contributed by atoms with Crippen molar-refractivity contribution in [1.82, 2.24) is 4.90 Å². The Balaban J connectivity index is 1.70. The van der Waals surface area contributed by atoms with E-state index in [0.717, 1.165) is 31.4 Å². The molecule has 0 unspecified atom stereocenters. The van der Waals surface area contributed by atoms with E-state index in [1.807, 2.05) is 0 Å². The Morgan fingerprint density at radius 2 is 1.73 bits per heavy atom. The summed E-state index contributed by atoms with van der Waals surface area (Å²) in [7, 11) is 0. The fourth-order valence-electron chi connectivity index (χ4n) is 2.89. The number of likely N-dealkylation sites (tertiary alicyclic amines) is 1. The second-order valence-electron chi connectivity index (χ2n) is 6.02. The molecule has 6 heteroatoms. The average Bonchev–Trinajstić information content (AvgIpc) is 3.33. The van der Waals surface area contributed by atoms with Crippen molar-refractivity contribution < 1.29 is 18.4 Å². The third kappa shape index (κ3) is 2.69. The first kappa shape index (κ1) is 14.9. The molecule has 0 spiro atoms. The minimum Gasteiger partial charge on any atom is -0.342 e. The van der Waals surface area contributed by atoms with Crippen LogP contribution in [0.2, 0.25) is 0 Å². The molecule has 0 atom stereocenters. The van der Waals surface area contributed by atoms with E-state index in [-0.39, 0.29) is 11.6 Å². The predicted molar refractivity (Wildman–Crippen MR) is 77.1 cm³/mol. The highest BCUT2D eigenvalue weighted by Crippen LogP contribution is 2.48. The standard InChI is InChI=1S/C16H18F2N2O2/c17-12-5-4-11(10-13(12)18)19-14(21)16(6-7-16)15(22)20-8-2-1-3-9-20/h4-5,10H,1-3,6-9H2,(H,19,21). The smallest absolute Gasteiger partial charge is 0.240 e. The third-order valence-electron chi connectivity index (χ3n) is 4.41.